The Balaban J connectivity index is 3.36. The first-order valence-corrected chi connectivity index (χ1v) is 3.29. The zero-order valence-electron chi connectivity index (χ0n) is 6.39. The van der Waals surface area contributed by atoms with Crippen LogP contribution in [0, 0.1) is 0 Å². The van der Waals surface area contributed by atoms with Crippen molar-refractivity contribution in [2.24, 2.45) is 0 Å². The zero-order chi connectivity index (χ0) is 7.82. The third-order valence-electron chi connectivity index (χ3n) is 0.863. The quantitative estimate of drug-likeness (QED) is 0.455. The molecule has 0 atom stereocenters. The monoisotopic (exact) mass is 143 g/mol. The van der Waals surface area contributed by atoms with Crippen LogP contribution in [0.4, 0.5) is 0 Å². The van der Waals surface area contributed by atoms with Crippen molar-refractivity contribution >= 4 is 5.97 Å². The molecule has 0 radical (unpaired) electrons. The van der Waals surface area contributed by atoms with E-state index in [1.807, 2.05) is 7.05 Å². The van der Waals surface area contributed by atoms with E-state index in [0.29, 0.717) is 13.2 Å². The van der Waals surface area contributed by atoms with E-state index in [9.17, 15) is 4.79 Å². The van der Waals surface area contributed by atoms with Crippen LogP contribution in [-0.4, -0.2) is 26.2 Å². The number of carbonyl (C=O) groups excluding carboxylic acids is 1. The van der Waals surface area contributed by atoms with Crippen molar-refractivity contribution < 1.29 is 9.53 Å². The molecule has 0 aromatic rings. The summed E-state index contributed by atoms with van der Waals surface area (Å²) in [4.78, 5) is 10.6. The van der Waals surface area contributed by atoms with Crippen molar-refractivity contribution in [3.8, 4) is 0 Å². The smallest absolute Gasteiger partial charge is 0.330 e. The Kier molecular flexibility index (Phi) is 5.77. The predicted octanol–water partition coefficient (Wildman–Crippen LogP) is 0.325. The topological polar surface area (TPSA) is 38.3 Å². The van der Waals surface area contributed by atoms with Gasteiger partial charge in [-0.25, -0.2) is 4.79 Å². The van der Waals surface area contributed by atoms with Gasteiger partial charge in [-0.3, -0.25) is 0 Å². The van der Waals surface area contributed by atoms with Crippen LogP contribution in [-0.2, 0) is 9.53 Å². The van der Waals surface area contributed by atoms with Crippen molar-refractivity contribution in [2.45, 2.75) is 6.92 Å². The van der Waals surface area contributed by atoms with Gasteiger partial charge in [0.05, 0.1) is 6.61 Å². The highest BCUT2D eigenvalue weighted by Gasteiger charge is 1.90. The summed E-state index contributed by atoms with van der Waals surface area (Å²) in [5.74, 6) is -0.280. The summed E-state index contributed by atoms with van der Waals surface area (Å²) in [6, 6.07) is 0. The molecule has 1 N–H and O–H groups in total. The highest BCUT2D eigenvalue weighted by molar-refractivity contribution is 5.81. The maximum absolute atomic E-state index is 10.6. The van der Waals surface area contributed by atoms with E-state index in [2.05, 4.69) is 10.1 Å². The highest BCUT2D eigenvalue weighted by Crippen LogP contribution is 1.79. The van der Waals surface area contributed by atoms with Crippen LogP contribution in [0.5, 0.6) is 0 Å². The average Bonchev–Trinajstić information content (AvgIpc) is 1.89. The van der Waals surface area contributed by atoms with Gasteiger partial charge in [0.25, 0.3) is 0 Å². The fourth-order valence-electron chi connectivity index (χ4n) is 0.463. The standard InChI is InChI=1S/C7H13NO2/c1-3-10-7(9)5-4-6-8-2/h4-5,8H,3,6H2,1-2H3/b5-4+. The molecule has 0 aromatic heterocycles. The van der Waals surface area contributed by atoms with Gasteiger partial charge < -0.3 is 10.1 Å². The molecule has 3 heteroatoms. The van der Waals surface area contributed by atoms with E-state index in [4.69, 9.17) is 0 Å². The number of carbonyl (C=O) groups is 1. The number of esters is 1. The molecular weight excluding hydrogens is 130 g/mol. The van der Waals surface area contributed by atoms with Crippen molar-refractivity contribution in [3.63, 3.8) is 0 Å². The second kappa shape index (κ2) is 6.29. The molecule has 0 fully saturated rings. The number of hydrogen-bond donors (Lipinski definition) is 1. The zero-order valence-corrected chi connectivity index (χ0v) is 6.39. The molecule has 0 unspecified atom stereocenters. The minimum Gasteiger partial charge on any atom is -0.463 e. The Bertz CT molecular complexity index is 121. The van der Waals surface area contributed by atoms with Crippen LogP contribution in [0.25, 0.3) is 0 Å². The predicted molar refractivity (Wildman–Crippen MR) is 39.7 cm³/mol. The van der Waals surface area contributed by atoms with E-state index in [-0.39, 0.29) is 5.97 Å². The van der Waals surface area contributed by atoms with Gasteiger partial charge in [-0.1, -0.05) is 6.08 Å². The van der Waals surface area contributed by atoms with Crippen LogP contribution in [0.3, 0.4) is 0 Å². The third kappa shape index (κ3) is 5.31. The summed E-state index contributed by atoms with van der Waals surface area (Å²) in [5, 5.41) is 2.87. The molecule has 0 rings (SSSR count). The molecule has 0 amide bonds. The Labute approximate surface area is 61.1 Å². The first-order valence-electron chi connectivity index (χ1n) is 3.29. The summed E-state index contributed by atoms with van der Waals surface area (Å²) in [6.45, 7) is 2.91. The van der Waals surface area contributed by atoms with E-state index in [0.717, 1.165) is 0 Å². The largest absolute Gasteiger partial charge is 0.463 e. The van der Waals surface area contributed by atoms with Crippen molar-refractivity contribution in [1.29, 1.82) is 0 Å². The molecule has 0 aliphatic heterocycles. The average molecular weight is 143 g/mol. The van der Waals surface area contributed by atoms with E-state index < -0.39 is 0 Å². The SMILES string of the molecule is CCOC(=O)/C=C/CNC. The molecule has 0 heterocycles. The van der Waals surface area contributed by atoms with E-state index >= 15 is 0 Å². The lowest BCUT2D eigenvalue weighted by molar-refractivity contribution is -0.137. The molecule has 0 bridgehead atoms. The third-order valence-corrected chi connectivity index (χ3v) is 0.863. The van der Waals surface area contributed by atoms with Gasteiger partial charge >= 0.3 is 5.97 Å². The molecule has 0 saturated carbocycles. The maximum Gasteiger partial charge on any atom is 0.330 e. The van der Waals surface area contributed by atoms with Gasteiger partial charge in [0.1, 0.15) is 0 Å². The Morgan fingerprint density at radius 3 is 2.90 bits per heavy atom. The number of hydrogen-bond acceptors (Lipinski definition) is 3. The second-order valence-corrected chi connectivity index (χ2v) is 1.71. The fourth-order valence-corrected chi connectivity index (χ4v) is 0.463. The molecule has 10 heavy (non-hydrogen) atoms. The molecule has 3 nitrogen and oxygen atoms in total. The lowest BCUT2D eigenvalue weighted by atomic mass is 10.5. The fraction of sp³-hybridized carbons (Fsp3) is 0.571. The van der Waals surface area contributed by atoms with Gasteiger partial charge in [-0.05, 0) is 14.0 Å². The summed E-state index contributed by atoms with van der Waals surface area (Å²) in [5.41, 5.74) is 0. The maximum atomic E-state index is 10.6. The number of nitrogens with one attached hydrogen (secondary N) is 1. The lowest BCUT2D eigenvalue weighted by Gasteiger charge is -1.93. The van der Waals surface area contributed by atoms with Crippen LogP contribution >= 0.6 is 0 Å². The molecule has 0 aliphatic rings. The van der Waals surface area contributed by atoms with E-state index in [1.54, 1.807) is 13.0 Å². The molecule has 0 saturated heterocycles. The minimum absolute atomic E-state index is 0.280. The van der Waals surface area contributed by atoms with Gasteiger partial charge in [0, 0.05) is 12.6 Å². The molecular formula is C7H13NO2. The Hall–Kier alpha value is -0.830. The summed E-state index contributed by atoms with van der Waals surface area (Å²) < 4.78 is 4.63. The van der Waals surface area contributed by atoms with Crippen LogP contribution in [0.1, 0.15) is 6.92 Å². The van der Waals surface area contributed by atoms with Crippen LogP contribution in [0.2, 0.25) is 0 Å². The van der Waals surface area contributed by atoms with Gasteiger partial charge in [-0.2, -0.15) is 0 Å². The van der Waals surface area contributed by atoms with Gasteiger partial charge in [0.2, 0.25) is 0 Å². The summed E-state index contributed by atoms with van der Waals surface area (Å²) in [7, 11) is 1.81. The molecule has 58 valence electrons. The van der Waals surface area contributed by atoms with Crippen molar-refractivity contribution in [2.75, 3.05) is 20.2 Å². The molecule has 0 aromatic carbocycles. The molecule has 0 aliphatic carbocycles. The number of ether oxygens (including phenoxy) is 1. The van der Waals surface area contributed by atoms with Crippen molar-refractivity contribution in [1.82, 2.24) is 5.32 Å². The first-order chi connectivity index (χ1) is 4.81. The Morgan fingerprint density at radius 1 is 1.70 bits per heavy atom. The van der Waals surface area contributed by atoms with Crippen LogP contribution in [0.15, 0.2) is 12.2 Å². The summed E-state index contributed by atoms with van der Waals surface area (Å²) in [6.07, 6.45) is 3.14. The van der Waals surface area contributed by atoms with Crippen LogP contribution < -0.4 is 5.32 Å². The normalized spacial score (nSPS) is 10.2. The lowest BCUT2D eigenvalue weighted by Crippen LogP contribution is -2.06. The Morgan fingerprint density at radius 2 is 2.40 bits per heavy atom. The van der Waals surface area contributed by atoms with Gasteiger partial charge in [0.15, 0.2) is 0 Å². The molecule has 0 spiro atoms. The first kappa shape index (κ1) is 9.17. The second-order valence-electron chi connectivity index (χ2n) is 1.71. The highest BCUT2D eigenvalue weighted by atomic mass is 16.5. The number of likely N-dealkylation sites (N-methyl/N-ethyl adjacent to an activating group) is 1. The van der Waals surface area contributed by atoms with E-state index in [1.165, 1.54) is 6.08 Å². The van der Waals surface area contributed by atoms with Gasteiger partial charge in [-0.15, -0.1) is 0 Å². The summed E-state index contributed by atoms with van der Waals surface area (Å²) >= 11 is 0. The minimum atomic E-state index is -0.280. The van der Waals surface area contributed by atoms with Crippen molar-refractivity contribution in [3.05, 3.63) is 12.2 Å². The number of rotatable bonds is 4.